The first-order chi connectivity index (χ1) is 48.4. The van der Waals surface area contributed by atoms with Gasteiger partial charge >= 0.3 is 0 Å². The molecule has 13 aromatic rings. The van der Waals surface area contributed by atoms with Crippen LogP contribution in [0.2, 0.25) is 0 Å². The summed E-state index contributed by atoms with van der Waals surface area (Å²) in [6, 6.07) is 26.8. The van der Waals surface area contributed by atoms with Crippen LogP contribution in [-0.2, 0) is 16.2 Å². The summed E-state index contributed by atoms with van der Waals surface area (Å²) in [4.78, 5) is 3.82. The molecule has 0 fully saturated rings. The molecule has 15 rings (SSSR count). The minimum Gasteiger partial charge on any atom is -0.311 e. The molecule has 2 aliphatic rings. The molecule has 0 unspecified atom stereocenters. The molecule has 0 N–H and O–H groups in total. The Morgan fingerprint density at radius 3 is 1.02 bits per heavy atom. The molecule has 0 bridgehead atoms. The predicted octanol–water partition coefficient (Wildman–Crippen LogP) is 19.2. The lowest BCUT2D eigenvalue weighted by Crippen LogP contribution is -2.61. The van der Waals surface area contributed by atoms with Crippen molar-refractivity contribution < 1.29 is 27.4 Å². The fourth-order valence-electron chi connectivity index (χ4n) is 12.3. The fraction of sp³-hybridized carbons (Fsp3) is 0.154. The summed E-state index contributed by atoms with van der Waals surface area (Å²) in [6.07, 6.45) is 0. The monoisotopic (exact) mass is 1090 g/mol. The molecule has 11 aromatic carbocycles. The first-order valence-corrected chi connectivity index (χ1v) is 27.9. The van der Waals surface area contributed by atoms with E-state index in [2.05, 4.69) is 65.8 Å². The van der Waals surface area contributed by atoms with Crippen LogP contribution in [0.15, 0.2) is 242 Å². The lowest BCUT2D eigenvalue weighted by Gasteiger charge is -2.46. The van der Waals surface area contributed by atoms with E-state index < -0.39 is 109 Å². The summed E-state index contributed by atoms with van der Waals surface area (Å²) in [5.41, 5.74) is 5.85. The molecule has 4 nitrogen and oxygen atoms in total. The molecule has 83 heavy (non-hydrogen) atoms. The third-order valence-corrected chi connectivity index (χ3v) is 16.5. The maximum absolute atomic E-state index is 11.2. The van der Waals surface area contributed by atoms with Crippen LogP contribution in [-0.4, -0.2) is 15.8 Å². The molecule has 402 valence electrons. The van der Waals surface area contributed by atoms with Crippen molar-refractivity contribution in [3.05, 3.63) is 259 Å². The number of benzene rings is 11. The zero-order valence-corrected chi connectivity index (χ0v) is 47.4. The quantitative estimate of drug-likeness (QED) is 0.154. The predicted molar refractivity (Wildman–Crippen MR) is 356 cm³/mol. The Morgan fingerprint density at radius 1 is 0.337 bits per heavy atom. The van der Waals surface area contributed by atoms with Crippen LogP contribution in [0.4, 0.5) is 34.1 Å². The van der Waals surface area contributed by atoms with E-state index >= 15 is 0 Å². The number of rotatable bonds is 6. The molecule has 0 atom stereocenters. The number of aromatic nitrogens is 2. The second kappa shape index (κ2) is 18.6. The molecule has 0 aliphatic carbocycles. The zero-order valence-electron chi connectivity index (χ0n) is 67.4. The molecule has 0 radical (unpaired) electrons. The van der Waals surface area contributed by atoms with Gasteiger partial charge in [0.05, 0.1) is 60.9 Å². The highest BCUT2D eigenvalue weighted by Crippen LogP contribution is 2.51. The van der Waals surface area contributed by atoms with Crippen LogP contribution < -0.4 is 26.2 Å². The fourth-order valence-corrected chi connectivity index (χ4v) is 12.3. The first-order valence-electron chi connectivity index (χ1n) is 37.9. The molecule has 5 heteroatoms. The van der Waals surface area contributed by atoms with E-state index in [0.717, 1.165) is 27.8 Å². The average molecular weight is 1090 g/mol. The highest BCUT2D eigenvalue weighted by atomic mass is 15.2. The van der Waals surface area contributed by atoms with Crippen molar-refractivity contribution in [1.82, 2.24) is 9.13 Å². The summed E-state index contributed by atoms with van der Waals surface area (Å²) in [6.45, 7) is 17.6. The van der Waals surface area contributed by atoms with Crippen LogP contribution in [0, 0.1) is 0 Å². The van der Waals surface area contributed by atoms with Gasteiger partial charge in [0.15, 0.2) is 0 Å². The van der Waals surface area contributed by atoms with E-state index in [1.54, 1.807) is 0 Å². The summed E-state index contributed by atoms with van der Waals surface area (Å²) in [5, 5.41) is -0.940. The Kier molecular flexibility index (Phi) is 7.53. The Bertz CT molecular complexity index is 5460. The average Bonchev–Trinajstić information content (AvgIpc) is 1.44. The Hall–Kier alpha value is -9.32. The largest absolute Gasteiger partial charge is 0.311 e. The minimum atomic E-state index is -1.29. The Morgan fingerprint density at radius 2 is 0.675 bits per heavy atom. The van der Waals surface area contributed by atoms with Gasteiger partial charge in [0.2, 0.25) is 0 Å². The lowest BCUT2D eigenvalue weighted by atomic mass is 9.33. The molecule has 0 spiro atoms. The van der Waals surface area contributed by atoms with Crippen molar-refractivity contribution in [2.75, 3.05) is 9.80 Å². The van der Waals surface area contributed by atoms with Gasteiger partial charge in [-0.25, -0.2) is 0 Å². The van der Waals surface area contributed by atoms with Gasteiger partial charge in [-0.3, -0.25) is 0 Å². The number of hydrogen-bond donors (Lipinski definition) is 0. The maximum Gasteiger partial charge on any atom is 0.252 e. The SMILES string of the molecule is [2H]c1cc(-n2c3c([2H])c([2H])c([2H])c([2H])c3c3c([2H])c([2H])c([2H])c([2H])c32)c([2H])c2c1B1c3c(cc(C(C)(C)C)cc3N(c3ccccc3-c3ccc(C(C)(C)C)cc3)c3c([2H])c(-n4c5c([2H])c([2H])c([2H])c([2H])c5c5c([2H])c([2H])c([2H])c([2H])c54)cc([2H])c31)N2c1ccccc1-c1ccc(C(C)(C)C)cc1. The van der Waals surface area contributed by atoms with E-state index in [-0.39, 0.29) is 112 Å². The third-order valence-electron chi connectivity index (χ3n) is 16.5. The second-order valence-corrected chi connectivity index (χ2v) is 24.7. The molecule has 0 saturated heterocycles. The summed E-state index contributed by atoms with van der Waals surface area (Å²) in [7, 11) is 0. The maximum atomic E-state index is 11.2. The van der Waals surface area contributed by atoms with Gasteiger partial charge < -0.3 is 18.9 Å². The molecule has 4 heterocycles. The number of hydrogen-bond acceptors (Lipinski definition) is 2. The van der Waals surface area contributed by atoms with Gasteiger partial charge in [0, 0.05) is 66.8 Å². The minimum absolute atomic E-state index is 0.0376. The van der Waals surface area contributed by atoms with Gasteiger partial charge in [0.1, 0.15) is 0 Å². The van der Waals surface area contributed by atoms with Crippen molar-refractivity contribution in [3.8, 4) is 33.6 Å². The molecule has 0 amide bonds. The van der Waals surface area contributed by atoms with Gasteiger partial charge in [-0.2, -0.15) is 0 Å². The summed E-state index contributed by atoms with van der Waals surface area (Å²) < 4.78 is 195. The number of nitrogens with zero attached hydrogens (tertiary/aromatic N) is 4. The van der Waals surface area contributed by atoms with E-state index in [1.807, 2.05) is 116 Å². The van der Waals surface area contributed by atoms with Crippen molar-refractivity contribution in [2.45, 2.75) is 78.6 Å². The number of anilines is 6. The van der Waals surface area contributed by atoms with Gasteiger partial charge in [-0.15, -0.1) is 0 Å². The van der Waals surface area contributed by atoms with Crippen LogP contribution in [0.1, 0.15) is 106 Å². The summed E-state index contributed by atoms with van der Waals surface area (Å²) in [5.74, 6) is 0. The van der Waals surface area contributed by atoms with E-state index in [1.165, 1.54) is 21.3 Å². The van der Waals surface area contributed by atoms with Crippen molar-refractivity contribution >= 4 is 101 Å². The highest BCUT2D eigenvalue weighted by Gasteiger charge is 2.45. The Balaban J connectivity index is 1.16. The van der Waals surface area contributed by atoms with Crippen LogP contribution in [0.5, 0.6) is 0 Å². The Labute approximate surface area is 516 Å². The van der Waals surface area contributed by atoms with E-state index in [4.69, 9.17) is 11.0 Å². The van der Waals surface area contributed by atoms with Gasteiger partial charge in [0.25, 0.3) is 6.71 Å². The lowest BCUT2D eigenvalue weighted by molar-refractivity contribution is 0.590. The molecular weight excluding hydrogens is 1000 g/mol. The van der Waals surface area contributed by atoms with Gasteiger partial charge in [-0.05, 0) is 133 Å². The van der Waals surface area contributed by atoms with Crippen molar-refractivity contribution in [2.24, 2.45) is 0 Å². The molecule has 0 saturated carbocycles. The van der Waals surface area contributed by atoms with Crippen molar-refractivity contribution in [3.63, 3.8) is 0 Å². The summed E-state index contributed by atoms with van der Waals surface area (Å²) >= 11 is 0. The standard InChI is InChI=1S/C78H67BN4/c1-76(2,3)52-38-34-50(35-39-52)57-22-10-16-28-65(57)82-71-48-55(80-67-30-18-12-24-59(67)60-25-13-19-31-68(60)80)42-44-63(71)79-64-45-43-56(81-69-32-20-14-26-61(69)62-27-15-21-33-70(62)81)49-72(64)83(74-47-54(78(7,8)9)46-73(82)75(74)79)66-29-17-11-23-58(66)51-36-40-53(41-37-51)77(4,5)6/h10-49H,1-9H3/i12D,13D,14D,15D,18D,19D,20D,21D,24D,25D,26D,27D,30D,31D,32D,33D,44D,45D,48D,49D. The topological polar surface area (TPSA) is 16.3 Å². The normalized spacial score (nSPS) is 16.7. The second-order valence-electron chi connectivity index (χ2n) is 24.7. The molecule has 2 aliphatic heterocycles. The third kappa shape index (κ3) is 8.03. The van der Waals surface area contributed by atoms with Crippen LogP contribution in [0.3, 0.4) is 0 Å². The highest BCUT2D eigenvalue weighted by molar-refractivity contribution is 7.00. The van der Waals surface area contributed by atoms with E-state index in [9.17, 15) is 16.4 Å². The molecule has 2 aromatic heterocycles. The van der Waals surface area contributed by atoms with Crippen LogP contribution >= 0.6 is 0 Å². The van der Waals surface area contributed by atoms with Gasteiger partial charge in [-0.1, -0.05) is 232 Å². The van der Waals surface area contributed by atoms with Crippen LogP contribution in [0.25, 0.3) is 77.2 Å². The van der Waals surface area contributed by atoms with E-state index in [0.29, 0.717) is 39.3 Å². The molecular formula is C78H67BN4. The number of fused-ring (bicyclic) bond motifs is 10. The van der Waals surface area contributed by atoms with Crippen molar-refractivity contribution in [1.29, 1.82) is 0 Å². The smallest absolute Gasteiger partial charge is 0.252 e. The zero-order chi connectivity index (χ0) is 74.1. The first kappa shape index (κ1) is 33.6. The number of para-hydroxylation sites is 6.